The monoisotopic (exact) mass is 241 g/mol. The summed E-state index contributed by atoms with van der Waals surface area (Å²) in [5.74, 6) is 1.27. The van der Waals surface area contributed by atoms with Crippen LogP contribution in [0.25, 0.3) is 0 Å². The van der Waals surface area contributed by atoms with Gasteiger partial charge in [-0.25, -0.2) is 0 Å². The van der Waals surface area contributed by atoms with Gasteiger partial charge in [0.2, 0.25) is 0 Å². The van der Waals surface area contributed by atoms with Gasteiger partial charge in [0.1, 0.15) is 5.75 Å². The Morgan fingerprint density at radius 2 is 2.06 bits per heavy atom. The predicted octanol–water partition coefficient (Wildman–Crippen LogP) is 3.45. The maximum absolute atomic E-state index is 6.02. The van der Waals surface area contributed by atoms with Gasteiger partial charge in [-0.2, -0.15) is 0 Å². The van der Waals surface area contributed by atoms with Gasteiger partial charge in [-0.15, -0.1) is 0 Å². The minimum atomic E-state index is 0.369. The number of hydrogen-bond acceptors (Lipinski definition) is 2. The van der Waals surface area contributed by atoms with E-state index < -0.39 is 0 Å². The quantitative estimate of drug-likeness (QED) is 0.853. The van der Waals surface area contributed by atoms with Crippen LogP contribution in [0.15, 0.2) is 18.2 Å². The molecule has 0 heterocycles. The van der Waals surface area contributed by atoms with E-state index >= 15 is 0 Å². The summed E-state index contributed by atoms with van der Waals surface area (Å²) in [6.07, 6.45) is 0. The zero-order valence-electron chi connectivity index (χ0n) is 10.4. The van der Waals surface area contributed by atoms with Crippen LogP contribution in [0.3, 0.4) is 0 Å². The smallest absolute Gasteiger partial charge is 0.122 e. The fourth-order valence-electron chi connectivity index (χ4n) is 1.83. The average molecular weight is 242 g/mol. The van der Waals surface area contributed by atoms with E-state index in [1.807, 2.05) is 18.2 Å². The highest BCUT2D eigenvalue weighted by atomic mass is 35.5. The molecule has 0 fully saturated rings. The number of methoxy groups -OCH3 is 1. The zero-order chi connectivity index (χ0) is 12.1. The third-order valence-corrected chi connectivity index (χ3v) is 3.19. The Labute approximate surface area is 103 Å². The summed E-state index contributed by atoms with van der Waals surface area (Å²) >= 11 is 6.02. The molecular formula is C13H20ClNO. The largest absolute Gasteiger partial charge is 0.496 e. The molecule has 2 unspecified atom stereocenters. The lowest BCUT2D eigenvalue weighted by Gasteiger charge is -2.23. The van der Waals surface area contributed by atoms with Crippen molar-refractivity contribution in [1.82, 2.24) is 5.32 Å². The van der Waals surface area contributed by atoms with Gasteiger partial charge in [0.05, 0.1) is 7.11 Å². The van der Waals surface area contributed by atoms with E-state index in [0.717, 1.165) is 22.9 Å². The van der Waals surface area contributed by atoms with Crippen LogP contribution in [-0.2, 0) is 0 Å². The second-order valence-corrected chi connectivity index (χ2v) is 4.46. The van der Waals surface area contributed by atoms with Gasteiger partial charge >= 0.3 is 0 Å². The predicted molar refractivity (Wildman–Crippen MR) is 69.6 cm³/mol. The van der Waals surface area contributed by atoms with Crippen molar-refractivity contribution in [2.45, 2.75) is 32.7 Å². The summed E-state index contributed by atoms with van der Waals surface area (Å²) in [6, 6.07) is 6.16. The normalized spacial score (nSPS) is 14.6. The summed E-state index contributed by atoms with van der Waals surface area (Å²) in [5.41, 5.74) is 1.16. The minimum Gasteiger partial charge on any atom is -0.496 e. The third-order valence-electron chi connectivity index (χ3n) is 2.96. The maximum Gasteiger partial charge on any atom is 0.122 e. The van der Waals surface area contributed by atoms with Crippen molar-refractivity contribution in [2.24, 2.45) is 0 Å². The molecule has 0 bridgehead atoms. The van der Waals surface area contributed by atoms with E-state index in [-0.39, 0.29) is 0 Å². The van der Waals surface area contributed by atoms with E-state index in [9.17, 15) is 0 Å². The minimum absolute atomic E-state index is 0.369. The van der Waals surface area contributed by atoms with Gasteiger partial charge in [-0.3, -0.25) is 0 Å². The molecule has 2 atom stereocenters. The van der Waals surface area contributed by atoms with Gasteiger partial charge in [0.15, 0.2) is 0 Å². The molecule has 2 nitrogen and oxygen atoms in total. The van der Waals surface area contributed by atoms with E-state index in [2.05, 4.69) is 26.1 Å². The van der Waals surface area contributed by atoms with Crippen molar-refractivity contribution >= 4 is 11.6 Å². The molecule has 0 saturated carbocycles. The average Bonchev–Trinajstić information content (AvgIpc) is 2.28. The molecule has 90 valence electrons. The van der Waals surface area contributed by atoms with Gasteiger partial charge in [0.25, 0.3) is 0 Å². The van der Waals surface area contributed by atoms with Gasteiger partial charge in [-0.05, 0) is 43.1 Å². The van der Waals surface area contributed by atoms with Crippen molar-refractivity contribution in [3.63, 3.8) is 0 Å². The van der Waals surface area contributed by atoms with E-state index in [1.54, 1.807) is 7.11 Å². The molecule has 0 aliphatic carbocycles. The molecule has 3 heteroatoms. The fourth-order valence-corrected chi connectivity index (χ4v) is 2.01. The topological polar surface area (TPSA) is 21.3 Å². The molecule has 0 aliphatic rings. The van der Waals surface area contributed by atoms with Crippen LogP contribution in [0.1, 0.15) is 32.3 Å². The van der Waals surface area contributed by atoms with Crippen molar-refractivity contribution in [2.75, 3.05) is 13.7 Å². The third kappa shape index (κ3) is 3.13. The summed E-state index contributed by atoms with van der Waals surface area (Å²) < 4.78 is 5.36. The molecule has 0 aliphatic heterocycles. The van der Waals surface area contributed by atoms with E-state index in [1.165, 1.54) is 0 Å². The second-order valence-electron chi connectivity index (χ2n) is 4.02. The molecule has 1 aromatic carbocycles. The second kappa shape index (κ2) is 6.12. The van der Waals surface area contributed by atoms with Crippen LogP contribution in [0, 0.1) is 0 Å². The lowest BCUT2D eigenvalue weighted by molar-refractivity contribution is 0.398. The van der Waals surface area contributed by atoms with Crippen LogP contribution < -0.4 is 10.1 Å². The number of nitrogens with one attached hydrogen (secondary N) is 1. The number of ether oxygens (including phenoxy) is 1. The molecule has 1 rings (SSSR count). The number of rotatable bonds is 5. The SMILES string of the molecule is CCNC(C)C(C)c1cc(Cl)ccc1OC. The maximum atomic E-state index is 6.02. The summed E-state index contributed by atoms with van der Waals surface area (Å²) in [7, 11) is 1.69. The molecule has 1 aromatic rings. The molecule has 0 radical (unpaired) electrons. The Morgan fingerprint density at radius 3 is 2.62 bits per heavy atom. The Bertz CT molecular complexity index is 341. The number of likely N-dealkylation sites (N-methyl/N-ethyl adjacent to an activating group) is 1. The summed E-state index contributed by atoms with van der Waals surface area (Å²) in [6.45, 7) is 7.43. The first kappa shape index (κ1) is 13.3. The first-order valence-corrected chi connectivity index (χ1v) is 6.04. The molecule has 0 aromatic heterocycles. The Morgan fingerprint density at radius 1 is 1.38 bits per heavy atom. The summed E-state index contributed by atoms with van der Waals surface area (Å²) in [4.78, 5) is 0. The molecule has 0 saturated heterocycles. The number of benzene rings is 1. The highest BCUT2D eigenvalue weighted by Crippen LogP contribution is 2.31. The van der Waals surface area contributed by atoms with Gasteiger partial charge in [0, 0.05) is 11.1 Å². The highest BCUT2D eigenvalue weighted by Gasteiger charge is 2.17. The Kier molecular flexibility index (Phi) is 5.10. The standard InChI is InChI=1S/C13H20ClNO/c1-5-15-10(3)9(2)12-8-11(14)6-7-13(12)16-4/h6-10,15H,5H2,1-4H3. The zero-order valence-corrected chi connectivity index (χ0v) is 11.1. The Balaban J connectivity index is 2.96. The van der Waals surface area contributed by atoms with Crippen molar-refractivity contribution in [3.8, 4) is 5.75 Å². The summed E-state index contributed by atoms with van der Waals surface area (Å²) in [5, 5.41) is 4.17. The van der Waals surface area contributed by atoms with Crippen LogP contribution >= 0.6 is 11.6 Å². The lowest BCUT2D eigenvalue weighted by atomic mass is 9.93. The van der Waals surface area contributed by atoms with Gasteiger partial charge in [-0.1, -0.05) is 25.4 Å². The molecule has 0 spiro atoms. The van der Waals surface area contributed by atoms with Crippen LogP contribution in [-0.4, -0.2) is 19.7 Å². The molecule has 0 amide bonds. The first-order valence-electron chi connectivity index (χ1n) is 5.67. The number of hydrogen-bond donors (Lipinski definition) is 1. The number of halogens is 1. The van der Waals surface area contributed by atoms with Crippen LogP contribution in [0.2, 0.25) is 5.02 Å². The molecule has 16 heavy (non-hydrogen) atoms. The molecular weight excluding hydrogens is 222 g/mol. The molecule has 1 N–H and O–H groups in total. The fraction of sp³-hybridized carbons (Fsp3) is 0.538. The van der Waals surface area contributed by atoms with Gasteiger partial charge < -0.3 is 10.1 Å². The first-order chi connectivity index (χ1) is 7.60. The van der Waals surface area contributed by atoms with Crippen LogP contribution in [0.5, 0.6) is 5.75 Å². The Hall–Kier alpha value is -0.730. The highest BCUT2D eigenvalue weighted by molar-refractivity contribution is 6.30. The van der Waals surface area contributed by atoms with Crippen LogP contribution in [0.4, 0.5) is 0 Å². The van der Waals surface area contributed by atoms with Crippen molar-refractivity contribution in [1.29, 1.82) is 0 Å². The van der Waals surface area contributed by atoms with E-state index in [0.29, 0.717) is 12.0 Å². The van der Waals surface area contributed by atoms with Crippen molar-refractivity contribution < 1.29 is 4.74 Å². The van der Waals surface area contributed by atoms with Crippen molar-refractivity contribution in [3.05, 3.63) is 28.8 Å². The lowest BCUT2D eigenvalue weighted by Crippen LogP contribution is -2.30. The van der Waals surface area contributed by atoms with E-state index in [4.69, 9.17) is 16.3 Å².